The van der Waals surface area contributed by atoms with Crippen LogP contribution in [0.2, 0.25) is 0 Å². The molecule has 3 rings (SSSR count). The lowest BCUT2D eigenvalue weighted by molar-refractivity contribution is 0.414. The van der Waals surface area contributed by atoms with E-state index in [1.807, 2.05) is 18.2 Å². The van der Waals surface area contributed by atoms with Gasteiger partial charge in [0.05, 0.1) is 12.8 Å². The minimum Gasteiger partial charge on any atom is -0.495 e. The Morgan fingerprint density at radius 2 is 1.46 bits per heavy atom. The first-order valence-corrected chi connectivity index (χ1v) is 9.50. The van der Waals surface area contributed by atoms with Gasteiger partial charge in [0.2, 0.25) is 0 Å². The largest absolute Gasteiger partial charge is 0.495 e. The predicted molar refractivity (Wildman–Crippen MR) is 110 cm³/mol. The minimum atomic E-state index is -0.205. The zero-order chi connectivity index (χ0) is 18.8. The van der Waals surface area contributed by atoms with Crippen molar-refractivity contribution in [2.75, 3.05) is 30.0 Å². The van der Waals surface area contributed by atoms with Crippen LogP contribution in [0.1, 0.15) is 50.7 Å². The summed E-state index contributed by atoms with van der Waals surface area (Å²) in [4.78, 5) is 4.59. The van der Waals surface area contributed by atoms with E-state index in [1.54, 1.807) is 7.11 Å². The smallest absolute Gasteiger partial charge is 0.155 e. The highest BCUT2D eigenvalue weighted by Crippen LogP contribution is 2.39. The number of para-hydroxylation sites is 3. The van der Waals surface area contributed by atoms with Crippen LogP contribution in [0.3, 0.4) is 0 Å². The van der Waals surface area contributed by atoms with Crippen LogP contribution in [-0.4, -0.2) is 26.5 Å². The van der Waals surface area contributed by atoms with E-state index in [-0.39, 0.29) is 6.29 Å². The number of methoxy groups -OCH3 is 1. The Labute approximate surface area is 157 Å². The van der Waals surface area contributed by atoms with Gasteiger partial charge in [-0.25, -0.2) is 0 Å². The molecule has 1 unspecified atom stereocenters. The Morgan fingerprint density at radius 1 is 0.885 bits per heavy atom. The van der Waals surface area contributed by atoms with Gasteiger partial charge in [-0.15, -0.1) is 0 Å². The first-order valence-electron chi connectivity index (χ1n) is 9.50. The van der Waals surface area contributed by atoms with Crippen molar-refractivity contribution >= 4 is 11.4 Å². The molecule has 0 amide bonds. The Kier molecular flexibility index (Phi) is 5.42. The first kappa shape index (κ1) is 18.6. The van der Waals surface area contributed by atoms with E-state index < -0.39 is 0 Å². The minimum absolute atomic E-state index is 0.205. The summed E-state index contributed by atoms with van der Waals surface area (Å²) in [5.74, 6) is 1.78. The Morgan fingerprint density at radius 3 is 2.04 bits per heavy atom. The molecule has 4 nitrogen and oxygen atoms in total. The second kappa shape index (κ2) is 7.58. The zero-order valence-electron chi connectivity index (χ0n) is 16.6. The fourth-order valence-corrected chi connectivity index (χ4v) is 3.87. The molecule has 1 fully saturated rings. The number of nitrogens with two attached hydrogens (primary N) is 1. The summed E-state index contributed by atoms with van der Waals surface area (Å²) < 4.78 is 5.56. The lowest BCUT2D eigenvalue weighted by Gasteiger charge is -2.34. The van der Waals surface area contributed by atoms with E-state index in [1.165, 1.54) is 16.8 Å². The maximum atomic E-state index is 6.75. The summed E-state index contributed by atoms with van der Waals surface area (Å²) >= 11 is 0. The van der Waals surface area contributed by atoms with Crippen LogP contribution in [0.25, 0.3) is 0 Å². The summed E-state index contributed by atoms with van der Waals surface area (Å²) in [5, 5.41) is 0. The molecule has 1 heterocycles. The van der Waals surface area contributed by atoms with Crippen molar-refractivity contribution in [3.05, 3.63) is 53.6 Å². The normalized spacial score (nSPS) is 17.5. The summed E-state index contributed by atoms with van der Waals surface area (Å²) in [6.45, 7) is 10.8. The van der Waals surface area contributed by atoms with Crippen LogP contribution in [0.4, 0.5) is 11.4 Å². The standard InChI is InChI=1S/C22H31N3O/c1-15(2)17-9-8-10-18(16(3)4)21(17)25-14-13-24(22(25)23)19-11-6-7-12-20(19)26-5/h6-12,15-16,22H,13-14,23H2,1-5H3. The third-order valence-electron chi connectivity index (χ3n) is 5.24. The molecular formula is C22H31N3O. The quantitative estimate of drug-likeness (QED) is 0.859. The second-order valence-electron chi connectivity index (χ2n) is 7.57. The summed E-state index contributed by atoms with van der Waals surface area (Å²) in [5.41, 5.74) is 11.8. The molecule has 2 N–H and O–H groups in total. The van der Waals surface area contributed by atoms with Gasteiger partial charge in [0.15, 0.2) is 6.29 Å². The molecule has 2 aromatic carbocycles. The molecule has 1 saturated heterocycles. The van der Waals surface area contributed by atoms with Crippen LogP contribution < -0.4 is 20.3 Å². The highest BCUT2D eigenvalue weighted by atomic mass is 16.5. The summed E-state index contributed by atoms with van der Waals surface area (Å²) in [6, 6.07) is 14.8. The van der Waals surface area contributed by atoms with Gasteiger partial charge in [0, 0.05) is 18.8 Å². The third-order valence-corrected chi connectivity index (χ3v) is 5.24. The molecule has 4 heteroatoms. The molecule has 2 aromatic rings. The lowest BCUT2D eigenvalue weighted by Crippen LogP contribution is -2.47. The van der Waals surface area contributed by atoms with Crippen LogP contribution in [0.5, 0.6) is 5.75 Å². The average molecular weight is 354 g/mol. The number of benzene rings is 2. The van der Waals surface area contributed by atoms with Crippen LogP contribution in [-0.2, 0) is 0 Å². The van der Waals surface area contributed by atoms with Gasteiger partial charge in [-0.2, -0.15) is 0 Å². The Bertz CT molecular complexity index is 731. The number of anilines is 2. The van der Waals surface area contributed by atoms with E-state index >= 15 is 0 Å². The Balaban J connectivity index is 2.02. The summed E-state index contributed by atoms with van der Waals surface area (Å²) in [6.07, 6.45) is -0.205. The van der Waals surface area contributed by atoms with Crippen molar-refractivity contribution in [3.63, 3.8) is 0 Å². The fourth-order valence-electron chi connectivity index (χ4n) is 3.87. The molecule has 1 aliphatic rings. The molecule has 0 saturated carbocycles. The number of rotatable bonds is 5. The van der Waals surface area contributed by atoms with Gasteiger partial charge in [-0.1, -0.05) is 58.0 Å². The maximum absolute atomic E-state index is 6.75. The molecule has 0 radical (unpaired) electrons. The van der Waals surface area contributed by atoms with Crippen molar-refractivity contribution in [1.82, 2.24) is 0 Å². The molecule has 0 aliphatic carbocycles. The van der Waals surface area contributed by atoms with E-state index in [0.29, 0.717) is 11.8 Å². The fraction of sp³-hybridized carbons (Fsp3) is 0.455. The molecule has 1 aliphatic heterocycles. The molecule has 26 heavy (non-hydrogen) atoms. The van der Waals surface area contributed by atoms with E-state index in [2.05, 4.69) is 61.8 Å². The third kappa shape index (κ3) is 3.26. The van der Waals surface area contributed by atoms with Crippen LogP contribution in [0, 0.1) is 0 Å². The number of hydrogen-bond acceptors (Lipinski definition) is 4. The predicted octanol–water partition coefficient (Wildman–Crippen LogP) is 4.51. The van der Waals surface area contributed by atoms with Crippen LogP contribution >= 0.6 is 0 Å². The first-order chi connectivity index (χ1) is 12.5. The monoisotopic (exact) mass is 353 g/mol. The van der Waals surface area contributed by atoms with Gasteiger partial charge in [0.1, 0.15) is 5.75 Å². The van der Waals surface area contributed by atoms with Gasteiger partial charge in [-0.05, 0) is 35.1 Å². The van der Waals surface area contributed by atoms with Crippen molar-refractivity contribution in [2.24, 2.45) is 5.73 Å². The number of nitrogens with zero attached hydrogens (tertiary/aromatic N) is 2. The summed E-state index contributed by atoms with van der Waals surface area (Å²) in [7, 11) is 1.71. The highest BCUT2D eigenvalue weighted by molar-refractivity contribution is 5.67. The van der Waals surface area contributed by atoms with Crippen molar-refractivity contribution in [3.8, 4) is 5.75 Å². The van der Waals surface area contributed by atoms with Gasteiger partial charge in [-0.3, -0.25) is 5.73 Å². The van der Waals surface area contributed by atoms with Gasteiger partial charge >= 0.3 is 0 Å². The highest BCUT2D eigenvalue weighted by Gasteiger charge is 2.33. The second-order valence-corrected chi connectivity index (χ2v) is 7.57. The molecule has 1 atom stereocenters. The number of hydrogen-bond donors (Lipinski definition) is 1. The van der Waals surface area contributed by atoms with Crippen LogP contribution in [0.15, 0.2) is 42.5 Å². The van der Waals surface area contributed by atoms with E-state index in [9.17, 15) is 0 Å². The topological polar surface area (TPSA) is 41.7 Å². The number of ether oxygens (including phenoxy) is 1. The Hall–Kier alpha value is -2.20. The lowest BCUT2D eigenvalue weighted by atomic mass is 9.92. The molecular weight excluding hydrogens is 322 g/mol. The van der Waals surface area contributed by atoms with Gasteiger partial charge in [0.25, 0.3) is 0 Å². The van der Waals surface area contributed by atoms with E-state index in [4.69, 9.17) is 10.5 Å². The van der Waals surface area contributed by atoms with Gasteiger partial charge < -0.3 is 14.5 Å². The van der Waals surface area contributed by atoms with E-state index in [0.717, 1.165) is 24.5 Å². The molecule has 0 spiro atoms. The van der Waals surface area contributed by atoms with Crippen molar-refractivity contribution in [2.45, 2.75) is 45.8 Å². The zero-order valence-corrected chi connectivity index (χ0v) is 16.6. The van der Waals surface area contributed by atoms with Crippen molar-refractivity contribution < 1.29 is 4.74 Å². The van der Waals surface area contributed by atoms with Crippen molar-refractivity contribution in [1.29, 1.82) is 0 Å². The molecule has 0 bridgehead atoms. The SMILES string of the molecule is COc1ccccc1N1CCN(c2c(C(C)C)cccc2C(C)C)C1N. The molecule has 0 aromatic heterocycles. The molecule has 140 valence electrons. The average Bonchev–Trinajstić information content (AvgIpc) is 3.01. The maximum Gasteiger partial charge on any atom is 0.155 e.